The lowest BCUT2D eigenvalue weighted by Crippen LogP contribution is -2.28. The van der Waals surface area contributed by atoms with Crippen LogP contribution in [0.4, 0.5) is 0 Å². The number of aryl methyl sites for hydroxylation is 1. The fourth-order valence-corrected chi connectivity index (χ4v) is 2.97. The molecule has 0 aliphatic carbocycles. The van der Waals surface area contributed by atoms with E-state index in [0.29, 0.717) is 17.3 Å². The number of ketones is 1. The largest absolute Gasteiger partial charge is 0.497 e. The van der Waals surface area contributed by atoms with Crippen LogP contribution in [0.25, 0.3) is 10.9 Å². The Morgan fingerprint density at radius 2 is 1.92 bits per heavy atom. The second-order valence-corrected chi connectivity index (χ2v) is 6.44. The Kier molecular flexibility index (Phi) is 5.11. The van der Waals surface area contributed by atoms with Gasteiger partial charge in [0.1, 0.15) is 17.8 Å². The number of methoxy groups -OCH3 is 1. The normalized spacial score (nSPS) is 12.1. The third-order valence-electron chi connectivity index (χ3n) is 4.50. The molecule has 0 saturated heterocycles. The number of benzene rings is 2. The molecule has 0 amide bonds. The highest BCUT2D eigenvalue weighted by Crippen LogP contribution is 2.22. The Balaban J connectivity index is 1.74. The Morgan fingerprint density at radius 3 is 2.62 bits per heavy atom. The van der Waals surface area contributed by atoms with E-state index in [-0.39, 0.29) is 23.8 Å². The summed E-state index contributed by atoms with van der Waals surface area (Å²) in [6.07, 6.45) is 0.326. The van der Waals surface area contributed by atoms with Gasteiger partial charge in [-0.15, -0.1) is 5.10 Å². The fraction of sp³-hybridized carbons (Fsp3) is 0.300. The number of carbonyl (C=O) groups excluding carboxylic acids is 1. The van der Waals surface area contributed by atoms with E-state index >= 15 is 0 Å². The topological polar surface area (TPSA) is 74.1 Å². The van der Waals surface area contributed by atoms with Gasteiger partial charge in [-0.25, -0.2) is 4.68 Å². The first-order valence-corrected chi connectivity index (χ1v) is 8.48. The van der Waals surface area contributed by atoms with E-state index in [2.05, 4.69) is 10.3 Å². The van der Waals surface area contributed by atoms with E-state index in [1.165, 1.54) is 0 Å². The number of aromatic nitrogens is 3. The predicted octanol–water partition coefficient (Wildman–Crippen LogP) is 2.87. The van der Waals surface area contributed by atoms with Crippen LogP contribution in [0.3, 0.4) is 0 Å². The molecule has 6 heteroatoms. The molecule has 1 aromatic heterocycles. The van der Waals surface area contributed by atoms with Crippen molar-refractivity contribution in [3.8, 4) is 5.75 Å². The average Bonchev–Trinajstić information content (AvgIpc) is 2.64. The lowest BCUT2D eigenvalue weighted by Gasteiger charge is -2.12. The molecule has 0 radical (unpaired) electrons. The van der Waals surface area contributed by atoms with E-state index in [1.807, 2.05) is 44.2 Å². The third-order valence-corrected chi connectivity index (χ3v) is 4.50. The van der Waals surface area contributed by atoms with Crippen molar-refractivity contribution in [3.05, 3.63) is 63.9 Å². The van der Waals surface area contributed by atoms with Crippen LogP contribution in [0.2, 0.25) is 0 Å². The molecule has 0 saturated carbocycles. The first-order valence-electron chi connectivity index (χ1n) is 8.48. The highest BCUT2D eigenvalue weighted by atomic mass is 16.5. The molecule has 1 atom stereocenters. The minimum absolute atomic E-state index is 0.0415. The van der Waals surface area contributed by atoms with Crippen LogP contribution < -0.4 is 10.3 Å². The molecule has 0 spiro atoms. The lowest BCUT2D eigenvalue weighted by atomic mass is 9.95. The van der Waals surface area contributed by atoms with Crippen molar-refractivity contribution in [1.29, 1.82) is 0 Å². The summed E-state index contributed by atoms with van der Waals surface area (Å²) in [6.45, 7) is 3.79. The summed E-state index contributed by atoms with van der Waals surface area (Å²) in [5, 5.41) is 8.51. The standard InChI is InChI=1S/C20H21N3O3/c1-13-5-4-6-18-19(13)21-22-23(20(18)25)12-16(24)11-14(2)15-7-9-17(26-3)10-8-15/h4-10,14H,11-12H2,1-3H3/t14-/m1/s1. The van der Waals surface area contributed by atoms with Crippen LogP contribution in [0, 0.1) is 6.92 Å². The second-order valence-electron chi connectivity index (χ2n) is 6.44. The van der Waals surface area contributed by atoms with Gasteiger partial charge in [0.25, 0.3) is 5.56 Å². The maximum Gasteiger partial charge on any atom is 0.278 e. The maximum absolute atomic E-state index is 12.5. The summed E-state index contributed by atoms with van der Waals surface area (Å²) in [7, 11) is 1.62. The molecule has 3 rings (SSSR count). The molecule has 134 valence electrons. The van der Waals surface area contributed by atoms with Gasteiger partial charge in [-0.1, -0.05) is 36.4 Å². The highest BCUT2D eigenvalue weighted by Gasteiger charge is 2.15. The van der Waals surface area contributed by atoms with Crippen LogP contribution in [0.15, 0.2) is 47.3 Å². The summed E-state index contributed by atoms with van der Waals surface area (Å²) in [6, 6.07) is 13.0. The van der Waals surface area contributed by atoms with E-state index in [0.717, 1.165) is 21.6 Å². The smallest absolute Gasteiger partial charge is 0.278 e. The summed E-state index contributed by atoms with van der Waals surface area (Å²) >= 11 is 0. The summed E-state index contributed by atoms with van der Waals surface area (Å²) in [5.74, 6) is 0.761. The molecule has 0 bridgehead atoms. The number of hydrogen-bond donors (Lipinski definition) is 0. The quantitative estimate of drug-likeness (QED) is 0.683. The SMILES string of the molecule is COc1ccc([C@H](C)CC(=O)Cn2nnc3c(C)cccc3c2=O)cc1. The number of fused-ring (bicyclic) bond motifs is 1. The minimum Gasteiger partial charge on any atom is -0.497 e. The predicted molar refractivity (Wildman–Crippen MR) is 99.6 cm³/mol. The molecule has 6 nitrogen and oxygen atoms in total. The van der Waals surface area contributed by atoms with Gasteiger partial charge in [-0.3, -0.25) is 9.59 Å². The molecule has 0 unspecified atom stereocenters. The van der Waals surface area contributed by atoms with Crippen LogP contribution >= 0.6 is 0 Å². The maximum atomic E-state index is 12.5. The molecule has 2 aromatic carbocycles. The lowest BCUT2D eigenvalue weighted by molar-refractivity contribution is -0.120. The van der Waals surface area contributed by atoms with Gasteiger partial charge in [0.2, 0.25) is 0 Å². The van der Waals surface area contributed by atoms with Crippen molar-refractivity contribution < 1.29 is 9.53 Å². The molecule has 0 aliphatic heterocycles. The highest BCUT2D eigenvalue weighted by molar-refractivity contribution is 5.81. The molecule has 0 N–H and O–H groups in total. The number of nitrogens with zero attached hydrogens (tertiary/aromatic N) is 3. The van der Waals surface area contributed by atoms with Crippen LogP contribution in [0.5, 0.6) is 5.75 Å². The van der Waals surface area contributed by atoms with Crippen LogP contribution in [0.1, 0.15) is 30.4 Å². The molecule has 0 aliphatic rings. The Labute approximate surface area is 151 Å². The van der Waals surface area contributed by atoms with Gasteiger partial charge in [-0.05, 0) is 42.2 Å². The Morgan fingerprint density at radius 1 is 1.19 bits per heavy atom. The molecule has 1 heterocycles. The molecule has 3 aromatic rings. The van der Waals surface area contributed by atoms with Crippen molar-refractivity contribution in [2.24, 2.45) is 0 Å². The number of carbonyl (C=O) groups is 1. The molecule has 26 heavy (non-hydrogen) atoms. The third kappa shape index (κ3) is 3.64. The van der Waals surface area contributed by atoms with Crippen LogP contribution in [-0.2, 0) is 11.3 Å². The zero-order valence-electron chi connectivity index (χ0n) is 15.1. The average molecular weight is 351 g/mol. The van der Waals surface area contributed by atoms with Gasteiger partial charge >= 0.3 is 0 Å². The Bertz CT molecular complexity index is 993. The van der Waals surface area contributed by atoms with Gasteiger partial charge in [0.15, 0.2) is 5.78 Å². The Hall–Kier alpha value is -3.02. The number of Topliss-reactive ketones (excluding diaryl/α,β-unsaturated/α-hetero) is 1. The van der Waals surface area contributed by atoms with Crippen LogP contribution in [-0.4, -0.2) is 27.9 Å². The fourth-order valence-electron chi connectivity index (χ4n) is 2.97. The first kappa shape index (κ1) is 17.8. The number of rotatable bonds is 6. The van der Waals surface area contributed by atoms with Gasteiger partial charge < -0.3 is 4.74 Å². The van der Waals surface area contributed by atoms with Crippen molar-refractivity contribution in [2.75, 3.05) is 7.11 Å². The van der Waals surface area contributed by atoms with E-state index in [1.54, 1.807) is 19.2 Å². The van der Waals surface area contributed by atoms with E-state index in [4.69, 9.17) is 4.74 Å². The van der Waals surface area contributed by atoms with Gasteiger partial charge in [0.05, 0.1) is 12.5 Å². The summed E-state index contributed by atoms with van der Waals surface area (Å²) in [5.41, 5.74) is 2.22. The molecular formula is C20H21N3O3. The van der Waals surface area contributed by atoms with Gasteiger partial charge in [-0.2, -0.15) is 0 Å². The van der Waals surface area contributed by atoms with Crippen molar-refractivity contribution >= 4 is 16.7 Å². The van der Waals surface area contributed by atoms with Crippen molar-refractivity contribution in [3.63, 3.8) is 0 Å². The van der Waals surface area contributed by atoms with Gasteiger partial charge in [0, 0.05) is 6.42 Å². The summed E-state index contributed by atoms with van der Waals surface area (Å²) in [4.78, 5) is 25.0. The molecular weight excluding hydrogens is 330 g/mol. The first-order chi connectivity index (χ1) is 12.5. The van der Waals surface area contributed by atoms with Crippen molar-refractivity contribution in [2.45, 2.75) is 32.7 Å². The second kappa shape index (κ2) is 7.47. The zero-order chi connectivity index (χ0) is 18.7. The zero-order valence-corrected chi connectivity index (χ0v) is 15.1. The summed E-state index contributed by atoms with van der Waals surface area (Å²) < 4.78 is 6.29. The minimum atomic E-state index is -0.288. The van der Waals surface area contributed by atoms with E-state index < -0.39 is 0 Å². The molecule has 0 fully saturated rings. The number of hydrogen-bond acceptors (Lipinski definition) is 5. The van der Waals surface area contributed by atoms with Crippen molar-refractivity contribution in [1.82, 2.24) is 15.0 Å². The monoisotopic (exact) mass is 351 g/mol. The van der Waals surface area contributed by atoms with E-state index in [9.17, 15) is 9.59 Å². The number of ether oxygens (including phenoxy) is 1.